The predicted octanol–water partition coefficient (Wildman–Crippen LogP) is 2.74. The lowest BCUT2D eigenvalue weighted by molar-refractivity contribution is 0.769. The zero-order valence-electron chi connectivity index (χ0n) is 11.7. The zero-order chi connectivity index (χ0) is 13.5. The molecule has 0 heterocycles. The first kappa shape index (κ1) is 14.3. The minimum absolute atomic E-state index is 0.625. The van der Waals surface area contributed by atoms with Crippen LogP contribution >= 0.6 is 11.8 Å². The third kappa shape index (κ3) is 5.15. The van der Waals surface area contributed by atoms with Crippen molar-refractivity contribution in [3.63, 3.8) is 0 Å². The zero-order valence-corrected chi connectivity index (χ0v) is 12.5. The fourth-order valence-electron chi connectivity index (χ4n) is 1.86. The third-order valence-corrected chi connectivity index (χ3v) is 4.14. The second-order valence-corrected chi connectivity index (χ2v) is 6.05. The molecule has 1 saturated carbocycles. The highest BCUT2D eigenvalue weighted by molar-refractivity contribution is 7.99. The average Bonchev–Trinajstić information content (AvgIpc) is 3.11. The number of guanidine groups is 1. The smallest absolute Gasteiger partial charge is 0.191 e. The summed E-state index contributed by atoms with van der Waals surface area (Å²) >= 11 is 1.85. The molecule has 1 aliphatic carbocycles. The molecule has 2 N–H and O–H groups in total. The summed E-state index contributed by atoms with van der Waals surface area (Å²) in [7, 11) is 0. The monoisotopic (exact) mass is 277 g/mol. The van der Waals surface area contributed by atoms with Crippen LogP contribution in [-0.2, 0) is 0 Å². The molecule has 2 unspecified atom stereocenters. The van der Waals surface area contributed by atoms with Crippen LogP contribution in [0, 0.1) is 5.92 Å². The van der Waals surface area contributed by atoms with Crippen LogP contribution in [0.15, 0.2) is 40.2 Å². The van der Waals surface area contributed by atoms with Gasteiger partial charge in [0.2, 0.25) is 0 Å². The van der Waals surface area contributed by atoms with E-state index in [9.17, 15) is 0 Å². The third-order valence-electron chi connectivity index (χ3n) is 3.15. The van der Waals surface area contributed by atoms with Gasteiger partial charge < -0.3 is 10.6 Å². The van der Waals surface area contributed by atoms with E-state index in [1.807, 2.05) is 17.8 Å². The summed E-state index contributed by atoms with van der Waals surface area (Å²) in [5.74, 6) is 2.77. The van der Waals surface area contributed by atoms with Crippen molar-refractivity contribution >= 4 is 17.7 Å². The summed E-state index contributed by atoms with van der Waals surface area (Å²) in [6.07, 6.45) is 1.27. The maximum Gasteiger partial charge on any atom is 0.191 e. The van der Waals surface area contributed by atoms with Crippen molar-refractivity contribution in [3.8, 4) is 0 Å². The molecule has 0 aromatic heterocycles. The number of rotatable bonds is 6. The molecule has 3 nitrogen and oxygen atoms in total. The maximum absolute atomic E-state index is 4.62. The molecule has 2 rings (SSSR count). The van der Waals surface area contributed by atoms with E-state index < -0.39 is 0 Å². The van der Waals surface area contributed by atoms with Crippen LogP contribution in [0.3, 0.4) is 0 Å². The van der Waals surface area contributed by atoms with Crippen molar-refractivity contribution in [2.75, 3.05) is 18.8 Å². The van der Waals surface area contributed by atoms with Gasteiger partial charge >= 0.3 is 0 Å². The Hall–Kier alpha value is -1.16. The number of nitrogens with one attached hydrogen (secondary N) is 2. The number of nitrogens with zero attached hydrogens (tertiary/aromatic N) is 1. The van der Waals surface area contributed by atoms with Gasteiger partial charge in [-0.3, -0.25) is 4.99 Å². The molecule has 2 atom stereocenters. The number of benzene rings is 1. The Morgan fingerprint density at radius 1 is 1.37 bits per heavy atom. The van der Waals surface area contributed by atoms with E-state index in [0.717, 1.165) is 30.7 Å². The minimum Gasteiger partial charge on any atom is -0.357 e. The molecule has 1 aromatic carbocycles. The Morgan fingerprint density at radius 2 is 2.11 bits per heavy atom. The van der Waals surface area contributed by atoms with E-state index in [0.29, 0.717) is 6.04 Å². The van der Waals surface area contributed by atoms with Crippen LogP contribution < -0.4 is 10.6 Å². The molecule has 1 aromatic rings. The van der Waals surface area contributed by atoms with Crippen molar-refractivity contribution in [1.29, 1.82) is 0 Å². The summed E-state index contributed by atoms with van der Waals surface area (Å²) in [5.41, 5.74) is 0. The van der Waals surface area contributed by atoms with Crippen molar-refractivity contribution in [2.24, 2.45) is 10.9 Å². The van der Waals surface area contributed by atoms with Gasteiger partial charge in [0, 0.05) is 23.2 Å². The van der Waals surface area contributed by atoms with E-state index in [4.69, 9.17) is 0 Å². The highest BCUT2D eigenvalue weighted by Gasteiger charge is 2.33. The average molecular weight is 277 g/mol. The van der Waals surface area contributed by atoms with Gasteiger partial charge in [-0.1, -0.05) is 25.1 Å². The van der Waals surface area contributed by atoms with Gasteiger partial charge in [0.1, 0.15) is 0 Å². The molecule has 0 bridgehead atoms. The first-order valence-electron chi connectivity index (χ1n) is 7.02. The second-order valence-electron chi connectivity index (χ2n) is 4.89. The summed E-state index contributed by atoms with van der Waals surface area (Å²) in [6, 6.07) is 11.1. The molecule has 104 valence electrons. The highest BCUT2D eigenvalue weighted by Crippen LogP contribution is 2.28. The molecule has 1 aliphatic rings. The fraction of sp³-hybridized carbons (Fsp3) is 0.533. The van der Waals surface area contributed by atoms with E-state index in [-0.39, 0.29) is 0 Å². The SMILES string of the molecule is CCNC(=NCCSc1ccccc1)NC1CC1C. The van der Waals surface area contributed by atoms with Gasteiger partial charge in [-0.2, -0.15) is 0 Å². The number of aliphatic imine (C=N–C) groups is 1. The van der Waals surface area contributed by atoms with Gasteiger partial charge in [-0.15, -0.1) is 11.8 Å². The Balaban J connectivity index is 1.72. The molecule has 0 aliphatic heterocycles. The van der Waals surface area contributed by atoms with Crippen molar-refractivity contribution < 1.29 is 0 Å². The molecule has 0 radical (unpaired) electrons. The first-order chi connectivity index (χ1) is 9.29. The Labute approximate surface area is 120 Å². The second kappa shape index (κ2) is 7.43. The molecule has 0 spiro atoms. The predicted molar refractivity (Wildman–Crippen MR) is 83.8 cm³/mol. The summed E-state index contributed by atoms with van der Waals surface area (Å²) in [5, 5.41) is 6.77. The minimum atomic E-state index is 0.625. The molecule has 4 heteroatoms. The molecule has 0 saturated heterocycles. The van der Waals surface area contributed by atoms with Crippen LogP contribution in [0.5, 0.6) is 0 Å². The van der Waals surface area contributed by atoms with Gasteiger partial charge in [0.15, 0.2) is 5.96 Å². The van der Waals surface area contributed by atoms with Crippen molar-refractivity contribution in [2.45, 2.75) is 31.2 Å². The van der Waals surface area contributed by atoms with Crippen molar-refractivity contribution in [1.82, 2.24) is 10.6 Å². The number of thioether (sulfide) groups is 1. The highest BCUT2D eigenvalue weighted by atomic mass is 32.2. The normalized spacial score (nSPS) is 22.1. The van der Waals surface area contributed by atoms with Crippen LogP contribution in [0.4, 0.5) is 0 Å². The molecule has 0 amide bonds. The summed E-state index contributed by atoms with van der Waals surface area (Å²) in [4.78, 5) is 5.93. The Morgan fingerprint density at radius 3 is 2.74 bits per heavy atom. The summed E-state index contributed by atoms with van der Waals surface area (Å²) in [6.45, 7) is 6.13. The van der Waals surface area contributed by atoms with E-state index in [1.54, 1.807) is 0 Å². The topological polar surface area (TPSA) is 36.4 Å². The van der Waals surface area contributed by atoms with E-state index >= 15 is 0 Å². The molecular formula is C15H23N3S. The molecule has 19 heavy (non-hydrogen) atoms. The van der Waals surface area contributed by atoms with Gasteiger partial charge in [-0.05, 0) is 31.4 Å². The van der Waals surface area contributed by atoms with Gasteiger partial charge in [0.05, 0.1) is 6.54 Å². The van der Waals surface area contributed by atoms with Crippen LogP contribution in [0.2, 0.25) is 0 Å². The lowest BCUT2D eigenvalue weighted by Gasteiger charge is -2.10. The quantitative estimate of drug-likeness (QED) is 0.363. The number of hydrogen-bond donors (Lipinski definition) is 2. The molecular weight excluding hydrogens is 254 g/mol. The largest absolute Gasteiger partial charge is 0.357 e. The van der Waals surface area contributed by atoms with Gasteiger partial charge in [-0.25, -0.2) is 0 Å². The number of hydrogen-bond acceptors (Lipinski definition) is 2. The Kier molecular flexibility index (Phi) is 5.58. The van der Waals surface area contributed by atoms with E-state index in [1.165, 1.54) is 11.3 Å². The van der Waals surface area contributed by atoms with E-state index in [2.05, 4.69) is 53.7 Å². The lowest BCUT2D eigenvalue weighted by Crippen LogP contribution is -2.39. The lowest BCUT2D eigenvalue weighted by atomic mass is 10.4. The summed E-state index contributed by atoms with van der Waals surface area (Å²) < 4.78 is 0. The standard InChI is InChI=1S/C15H23N3S/c1-3-16-15(18-14-11-12(14)2)17-9-10-19-13-7-5-4-6-8-13/h4-8,12,14H,3,9-11H2,1-2H3,(H2,16,17,18). The van der Waals surface area contributed by atoms with Gasteiger partial charge in [0.25, 0.3) is 0 Å². The molecule has 1 fully saturated rings. The van der Waals surface area contributed by atoms with Crippen LogP contribution in [0.25, 0.3) is 0 Å². The van der Waals surface area contributed by atoms with Crippen LogP contribution in [-0.4, -0.2) is 30.8 Å². The maximum atomic E-state index is 4.62. The Bertz CT molecular complexity index is 405. The fourth-order valence-corrected chi connectivity index (χ4v) is 2.62. The van der Waals surface area contributed by atoms with Crippen LogP contribution in [0.1, 0.15) is 20.3 Å². The van der Waals surface area contributed by atoms with Crippen molar-refractivity contribution in [3.05, 3.63) is 30.3 Å². The first-order valence-corrected chi connectivity index (χ1v) is 8.01.